The molecule has 11 nitrogen and oxygen atoms in total. The standard InChI is InChI=1S/C30H31Br2N5O6/c1-6-41-26-11-20(10-24(32)29(26)42-15-27(38)36-25-8-18(3)17(2)7-23(25)31)13-34-37-28(39)16-43-30-22(12-33)21(14-40-5)9-19(4)35-30/h7-11,13H,6,14-16H2,1-5H3,(H,36,38)(H,37,39)/b34-13+. The Balaban J connectivity index is 1.63. The highest BCUT2D eigenvalue weighted by atomic mass is 79.9. The molecule has 0 spiro atoms. The van der Waals surface area contributed by atoms with Crippen LogP contribution in [-0.2, 0) is 20.9 Å². The van der Waals surface area contributed by atoms with Crippen LogP contribution >= 0.6 is 31.9 Å². The number of aryl methyl sites for hydroxylation is 3. The molecule has 43 heavy (non-hydrogen) atoms. The van der Waals surface area contributed by atoms with Gasteiger partial charge in [0.2, 0.25) is 5.88 Å². The molecule has 1 aromatic heterocycles. The van der Waals surface area contributed by atoms with Crippen LogP contribution in [-0.4, -0.2) is 49.9 Å². The molecular weight excluding hydrogens is 686 g/mol. The lowest BCUT2D eigenvalue weighted by Gasteiger charge is -2.15. The first kappa shape index (κ1) is 33.5. The van der Waals surface area contributed by atoms with Gasteiger partial charge in [-0.25, -0.2) is 10.4 Å². The summed E-state index contributed by atoms with van der Waals surface area (Å²) in [5.41, 5.74) is 7.21. The van der Waals surface area contributed by atoms with E-state index < -0.39 is 12.5 Å². The molecule has 0 fully saturated rings. The molecular formula is C30H31Br2N5O6. The van der Waals surface area contributed by atoms with Gasteiger partial charge < -0.3 is 24.3 Å². The Labute approximate surface area is 266 Å². The number of benzene rings is 2. The third kappa shape index (κ3) is 9.51. The molecule has 3 aromatic rings. The number of nitriles is 1. The molecule has 0 saturated carbocycles. The number of hydrogen-bond acceptors (Lipinski definition) is 9. The lowest BCUT2D eigenvalue weighted by Crippen LogP contribution is -2.25. The van der Waals surface area contributed by atoms with Crippen molar-refractivity contribution in [1.29, 1.82) is 5.26 Å². The van der Waals surface area contributed by atoms with Crippen molar-refractivity contribution in [2.45, 2.75) is 34.3 Å². The smallest absolute Gasteiger partial charge is 0.278 e. The number of pyridine rings is 1. The summed E-state index contributed by atoms with van der Waals surface area (Å²) in [4.78, 5) is 29.2. The minimum absolute atomic E-state index is 0.0462. The van der Waals surface area contributed by atoms with Crippen LogP contribution in [0.3, 0.4) is 0 Å². The molecule has 0 aliphatic carbocycles. The summed E-state index contributed by atoms with van der Waals surface area (Å²) >= 11 is 6.94. The molecule has 0 bridgehead atoms. The number of methoxy groups -OCH3 is 1. The second kappa shape index (κ2) is 16.0. The van der Waals surface area contributed by atoms with E-state index in [1.807, 2.05) is 39.0 Å². The Morgan fingerprint density at radius 2 is 1.72 bits per heavy atom. The zero-order chi connectivity index (χ0) is 31.5. The van der Waals surface area contributed by atoms with Gasteiger partial charge in [-0.1, -0.05) is 0 Å². The summed E-state index contributed by atoms with van der Waals surface area (Å²) < 4.78 is 23.4. The monoisotopic (exact) mass is 715 g/mol. The van der Waals surface area contributed by atoms with Crippen LogP contribution in [0.15, 0.2) is 44.4 Å². The topological polar surface area (TPSA) is 144 Å². The van der Waals surface area contributed by atoms with Crippen LogP contribution in [0.5, 0.6) is 17.4 Å². The van der Waals surface area contributed by atoms with Crippen molar-refractivity contribution in [2.24, 2.45) is 5.10 Å². The fourth-order valence-electron chi connectivity index (χ4n) is 3.81. The van der Waals surface area contributed by atoms with Crippen molar-refractivity contribution >= 4 is 55.6 Å². The van der Waals surface area contributed by atoms with Gasteiger partial charge in [0.1, 0.15) is 11.6 Å². The number of nitrogens with one attached hydrogen (secondary N) is 2. The van der Waals surface area contributed by atoms with E-state index in [1.54, 1.807) is 25.1 Å². The molecule has 2 amide bonds. The van der Waals surface area contributed by atoms with E-state index in [0.717, 1.165) is 15.6 Å². The first-order valence-electron chi connectivity index (χ1n) is 13.1. The Bertz CT molecular complexity index is 1570. The number of halogens is 2. The number of nitrogens with zero attached hydrogens (tertiary/aromatic N) is 3. The first-order chi connectivity index (χ1) is 20.6. The molecule has 3 rings (SSSR count). The average Bonchev–Trinajstić information content (AvgIpc) is 2.94. The summed E-state index contributed by atoms with van der Waals surface area (Å²) in [5, 5.41) is 16.3. The average molecular weight is 717 g/mol. The van der Waals surface area contributed by atoms with Crippen molar-refractivity contribution in [3.05, 3.63) is 72.8 Å². The Hall–Kier alpha value is -3.99. The van der Waals surface area contributed by atoms with Gasteiger partial charge in [0.25, 0.3) is 11.8 Å². The lowest BCUT2D eigenvalue weighted by atomic mass is 10.1. The van der Waals surface area contributed by atoms with Gasteiger partial charge in [-0.15, -0.1) is 0 Å². The molecule has 13 heteroatoms. The van der Waals surface area contributed by atoms with Gasteiger partial charge >= 0.3 is 0 Å². The minimum atomic E-state index is -0.554. The number of carbonyl (C=O) groups is 2. The molecule has 0 aliphatic rings. The normalized spacial score (nSPS) is 10.7. The predicted molar refractivity (Wildman–Crippen MR) is 169 cm³/mol. The first-order valence-corrected chi connectivity index (χ1v) is 14.6. The largest absolute Gasteiger partial charge is 0.490 e. The number of ether oxygens (including phenoxy) is 4. The molecule has 2 N–H and O–H groups in total. The van der Waals surface area contributed by atoms with Crippen molar-refractivity contribution in [3.63, 3.8) is 0 Å². The van der Waals surface area contributed by atoms with E-state index in [9.17, 15) is 14.9 Å². The highest BCUT2D eigenvalue weighted by Crippen LogP contribution is 2.37. The maximum absolute atomic E-state index is 12.6. The van der Waals surface area contributed by atoms with Gasteiger partial charge in [0.15, 0.2) is 24.7 Å². The van der Waals surface area contributed by atoms with Gasteiger partial charge in [-0.2, -0.15) is 10.4 Å². The van der Waals surface area contributed by atoms with Crippen LogP contribution in [0.2, 0.25) is 0 Å². The van der Waals surface area contributed by atoms with Crippen LogP contribution in [0.4, 0.5) is 5.69 Å². The minimum Gasteiger partial charge on any atom is -0.490 e. The highest BCUT2D eigenvalue weighted by molar-refractivity contribution is 9.11. The van der Waals surface area contributed by atoms with E-state index in [0.29, 0.717) is 45.1 Å². The van der Waals surface area contributed by atoms with E-state index in [1.165, 1.54) is 13.3 Å². The Morgan fingerprint density at radius 3 is 2.42 bits per heavy atom. The third-order valence-corrected chi connectivity index (χ3v) is 7.13. The Morgan fingerprint density at radius 1 is 1.00 bits per heavy atom. The molecule has 1 heterocycles. The number of carbonyl (C=O) groups excluding carboxylic acids is 2. The van der Waals surface area contributed by atoms with Crippen LogP contribution < -0.4 is 25.0 Å². The van der Waals surface area contributed by atoms with E-state index in [4.69, 9.17) is 18.9 Å². The zero-order valence-electron chi connectivity index (χ0n) is 24.3. The summed E-state index contributed by atoms with van der Waals surface area (Å²) in [6, 6.07) is 11.0. The number of aromatic nitrogens is 1. The fraction of sp³-hybridized carbons (Fsp3) is 0.300. The molecule has 0 aliphatic heterocycles. The van der Waals surface area contributed by atoms with Gasteiger partial charge in [-0.3, -0.25) is 9.59 Å². The SMILES string of the molecule is CCOc1cc(/C=N/NC(=O)COc2nc(C)cc(COC)c2C#N)cc(Br)c1OCC(=O)Nc1cc(C)c(C)cc1Br. The van der Waals surface area contributed by atoms with Crippen molar-refractivity contribution < 1.29 is 28.5 Å². The molecule has 0 saturated heterocycles. The van der Waals surface area contributed by atoms with E-state index in [-0.39, 0.29) is 30.6 Å². The maximum Gasteiger partial charge on any atom is 0.278 e. The number of amides is 2. The van der Waals surface area contributed by atoms with E-state index >= 15 is 0 Å². The highest BCUT2D eigenvalue weighted by Gasteiger charge is 2.16. The molecule has 2 aromatic carbocycles. The number of anilines is 1. The van der Waals surface area contributed by atoms with Gasteiger partial charge in [0.05, 0.1) is 29.6 Å². The van der Waals surface area contributed by atoms with Crippen molar-refractivity contribution in [3.8, 4) is 23.4 Å². The Kier molecular flexibility index (Phi) is 12.5. The van der Waals surface area contributed by atoms with Gasteiger partial charge in [0, 0.05) is 22.8 Å². The predicted octanol–water partition coefficient (Wildman–Crippen LogP) is 5.50. The van der Waals surface area contributed by atoms with E-state index in [2.05, 4.69) is 52.7 Å². The summed E-state index contributed by atoms with van der Waals surface area (Å²) in [7, 11) is 1.52. The number of rotatable bonds is 13. The van der Waals surface area contributed by atoms with Crippen molar-refractivity contribution in [1.82, 2.24) is 10.4 Å². The second-order valence-corrected chi connectivity index (χ2v) is 11.0. The summed E-state index contributed by atoms with van der Waals surface area (Å²) in [6.07, 6.45) is 1.42. The second-order valence-electron chi connectivity index (χ2n) is 9.25. The van der Waals surface area contributed by atoms with Crippen molar-refractivity contribution in [2.75, 3.05) is 32.2 Å². The maximum atomic E-state index is 12.6. The fourth-order valence-corrected chi connectivity index (χ4v) is 4.95. The summed E-state index contributed by atoms with van der Waals surface area (Å²) in [6.45, 7) is 7.44. The lowest BCUT2D eigenvalue weighted by molar-refractivity contribution is -0.123. The van der Waals surface area contributed by atoms with Crippen LogP contribution in [0.25, 0.3) is 0 Å². The quantitative estimate of drug-likeness (QED) is 0.175. The number of hydrazone groups is 1. The summed E-state index contributed by atoms with van der Waals surface area (Å²) in [5.74, 6) is -0.120. The van der Waals surface area contributed by atoms with Crippen LogP contribution in [0, 0.1) is 32.1 Å². The molecule has 0 radical (unpaired) electrons. The van der Waals surface area contributed by atoms with Crippen LogP contribution in [0.1, 0.15) is 40.4 Å². The van der Waals surface area contributed by atoms with Gasteiger partial charge in [-0.05, 0) is 107 Å². The third-order valence-electron chi connectivity index (χ3n) is 5.89. The number of hydrogen-bond donors (Lipinski definition) is 2. The molecule has 0 unspecified atom stereocenters. The zero-order valence-corrected chi connectivity index (χ0v) is 27.5. The molecule has 0 atom stereocenters. The molecule has 226 valence electrons.